The summed E-state index contributed by atoms with van der Waals surface area (Å²) >= 11 is 0. The fraction of sp³-hybridized carbons (Fsp3) is 0.500. The zero-order chi connectivity index (χ0) is 14.0. The van der Waals surface area contributed by atoms with E-state index < -0.39 is 17.3 Å². The third-order valence-corrected chi connectivity index (χ3v) is 3.64. The molecule has 0 aliphatic carbocycles. The Balaban J connectivity index is 2.25. The lowest BCUT2D eigenvalue weighted by molar-refractivity contribution is -0.0441. The van der Waals surface area contributed by atoms with Crippen molar-refractivity contribution in [3.05, 3.63) is 29.6 Å². The largest absolute Gasteiger partial charge is 0.507 e. The topological polar surface area (TPSA) is 49.8 Å². The molecular formula is C14H18FNO3. The lowest BCUT2D eigenvalue weighted by Gasteiger charge is -2.39. The second kappa shape index (κ2) is 5.17. The van der Waals surface area contributed by atoms with E-state index >= 15 is 0 Å². The molecule has 1 heterocycles. The number of aromatic hydroxyl groups is 1. The van der Waals surface area contributed by atoms with Gasteiger partial charge < -0.3 is 14.7 Å². The van der Waals surface area contributed by atoms with Crippen LogP contribution >= 0.6 is 0 Å². The highest BCUT2D eigenvalue weighted by Gasteiger charge is 2.34. The SMILES string of the molecule is COC1(C)CCCN(C(=O)c2c(O)cccc2F)C1. The number of phenols is 1. The predicted molar refractivity (Wildman–Crippen MR) is 68.6 cm³/mol. The van der Waals surface area contributed by atoms with E-state index in [4.69, 9.17) is 4.74 Å². The molecule has 0 aromatic heterocycles. The summed E-state index contributed by atoms with van der Waals surface area (Å²) in [4.78, 5) is 13.8. The van der Waals surface area contributed by atoms with Gasteiger partial charge in [-0.15, -0.1) is 0 Å². The quantitative estimate of drug-likeness (QED) is 0.893. The Labute approximate surface area is 111 Å². The molecule has 1 unspecified atom stereocenters. The van der Waals surface area contributed by atoms with Crippen molar-refractivity contribution in [3.63, 3.8) is 0 Å². The second-order valence-corrected chi connectivity index (χ2v) is 5.12. The van der Waals surface area contributed by atoms with Crippen LogP contribution in [-0.4, -0.2) is 41.7 Å². The van der Waals surface area contributed by atoms with E-state index in [9.17, 15) is 14.3 Å². The lowest BCUT2D eigenvalue weighted by atomic mass is 9.94. The molecule has 104 valence electrons. The Morgan fingerprint density at radius 1 is 1.53 bits per heavy atom. The summed E-state index contributed by atoms with van der Waals surface area (Å²) in [6.45, 7) is 2.87. The van der Waals surface area contributed by atoms with Gasteiger partial charge in [0.15, 0.2) is 0 Å². The minimum atomic E-state index is -0.699. The monoisotopic (exact) mass is 267 g/mol. The van der Waals surface area contributed by atoms with Gasteiger partial charge in [0.05, 0.1) is 5.60 Å². The first-order chi connectivity index (χ1) is 8.97. The number of ether oxygens (including phenoxy) is 1. The van der Waals surface area contributed by atoms with Gasteiger partial charge in [0.1, 0.15) is 17.1 Å². The number of hydrogen-bond donors (Lipinski definition) is 1. The van der Waals surface area contributed by atoms with Crippen LogP contribution in [0.2, 0.25) is 0 Å². The molecule has 1 aliphatic rings. The van der Waals surface area contributed by atoms with Gasteiger partial charge in [-0.1, -0.05) is 6.07 Å². The number of amides is 1. The van der Waals surface area contributed by atoms with Crippen molar-refractivity contribution < 1.29 is 19.0 Å². The van der Waals surface area contributed by atoms with E-state index in [1.165, 1.54) is 23.1 Å². The number of carbonyl (C=O) groups is 1. The summed E-state index contributed by atoms with van der Waals surface area (Å²) in [7, 11) is 1.61. The Kier molecular flexibility index (Phi) is 3.75. The van der Waals surface area contributed by atoms with Gasteiger partial charge in [0.25, 0.3) is 5.91 Å². The average molecular weight is 267 g/mol. The number of nitrogens with zero attached hydrogens (tertiary/aromatic N) is 1. The molecule has 5 heteroatoms. The molecule has 0 bridgehead atoms. The summed E-state index contributed by atoms with van der Waals surface area (Å²) in [5.74, 6) is -1.51. The maximum atomic E-state index is 13.7. The maximum Gasteiger partial charge on any atom is 0.260 e. The Bertz CT molecular complexity index is 471. The van der Waals surface area contributed by atoms with Crippen LogP contribution in [0.4, 0.5) is 4.39 Å². The number of benzene rings is 1. The highest BCUT2D eigenvalue weighted by molar-refractivity contribution is 5.97. The molecule has 0 saturated carbocycles. The van der Waals surface area contributed by atoms with Crippen LogP contribution in [-0.2, 0) is 4.74 Å². The molecule has 1 atom stereocenters. The van der Waals surface area contributed by atoms with Crippen LogP contribution in [0.1, 0.15) is 30.1 Å². The first kappa shape index (κ1) is 13.8. The van der Waals surface area contributed by atoms with E-state index in [-0.39, 0.29) is 11.3 Å². The van der Waals surface area contributed by atoms with E-state index in [1.54, 1.807) is 7.11 Å². The number of likely N-dealkylation sites (tertiary alicyclic amines) is 1. The van der Waals surface area contributed by atoms with Crippen molar-refractivity contribution >= 4 is 5.91 Å². The predicted octanol–water partition coefficient (Wildman–Crippen LogP) is 2.17. The Morgan fingerprint density at radius 2 is 2.26 bits per heavy atom. The van der Waals surface area contributed by atoms with Gasteiger partial charge in [-0.3, -0.25) is 4.79 Å². The Hall–Kier alpha value is -1.62. The number of phenolic OH excluding ortho intramolecular Hbond substituents is 1. The average Bonchev–Trinajstić information content (AvgIpc) is 2.38. The van der Waals surface area contributed by atoms with Gasteiger partial charge in [-0.25, -0.2) is 4.39 Å². The Morgan fingerprint density at radius 3 is 2.89 bits per heavy atom. The molecule has 0 spiro atoms. The number of hydrogen-bond acceptors (Lipinski definition) is 3. The highest BCUT2D eigenvalue weighted by Crippen LogP contribution is 2.28. The van der Waals surface area contributed by atoms with Gasteiger partial charge >= 0.3 is 0 Å². The van der Waals surface area contributed by atoms with Crippen LogP contribution < -0.4 is 0 Å². The van der Waals surface area contributed by atoms with Crippen molar-refractivity contribution in [1.82, 2.24) is 4.90 Å². The summed E-state index contributed by atoms with van der Waals surface area (Å²) in [6, 6.07) is 3.86. The van der Waals surface area contributed by atoms with Crippen LogP contribution in [0.25, 0.3) is 0 Å². The normalized spacial score (nSPS) is 23.4. The van der Waals surface area contributed by atoms with Crippen LogP contribution in [0.15, 0.2) is 18.2 Å². The summed E-state index contributed by atoms with van der Waals surface area (Å²) in [5.41, 5.74) is -0.669. The van der Waals surface area contributed by atoms with Crippen molar-refractivity contribution in [2.45, 2.75) is 25.4 Å². The minimum Gasteiger partial charge on any atom is -0.507 e. The van der Waals surface area contributed by atoms with Crippen molar-refractivity contribution in [1.29, 1.82) is 0 Å². The van der Waals surface area contributed by atoms with Crippen LogP contribution in [0, 0.1) is 5.82 Å². The molecule has 1 aromatic carbocycles. The van der Waals surface area contributed by atoms with Crippen molar-refractivity contribution in [2.75, 3.05) is 20.2 Å². The second-order valence-electron chi connectivity index (χ2n) is 5.12. The fourth-order valence-electron chi connectivity index (χ4n) is 2.43. The molecule has 1 saturated heterocycles. The van der Waals surface area contributed by atoms with E-state index in [0.717, 1.165) is 12.8 Å². The third-order valence-electron chi connectivity index (χ3n) is 3.64. The third kappa shape index (κ3) is 2.71. The van der Waals surface area contributed by atoms with E-state index in [1.807, 2.05) is 6.92 Å². The smallest absolute Gasteiger partial charge is 0.260 e. The number of carbonyl (C=O) groups excluding carboxylic acids is 1. The number of piperidine rings is 1. The standard InChI is InChI=1S/C14H18FNO3/c1-14(19-2)7-4-8-16(9-14)13(18)12-10(15)5-3-6-11(12)17/h3,5-6,17H,4,7-9H2,1-2H3. The first-order valence-electron chi connectivity index (χ1n) is 6.29. The summed E-state index contributed by atoms with van der Waals surface area (Å²) in [6.07, 6.45) is 1.65. The molecule has 1 fully saturated rings. The molecule has 4 nitrogen and oxygen atoms in total. The molecule has 1 amide bonds. The van der Waals surface area contributed by atoms with Crippen molar-refractivity contribution in [2.24, 2.45) is 0 Å². The molecular weight excluding hydrogens is 249 g/mol. The number of rotatable bonds is 2. The van der Waals surface area contributed by atoms with Crippen molar-refractivity contribution in [3.8, 4) is 5.75 Å². The van der Waals surface area contributed by atoms with Crippen LogP contribution in [0.5, 0.6) is 5.75 Å². The van der Waals surface area contributed by atoms with Gasteiger partial charge in [0.2, 0.25) is 0 Å². The van der Waals surface area contributed by atoms with Crippen LogP contribution in [0.3, 0.4) is 0 Å². The zero-order valence-electron chi connectivity index (χ0n) is 11.1. The van der Waals surface area contributed by atoms with Gasteiger partial charge in [0, 0.05) is 20.2 Å². The molecule has 0 radical (unpaired) electrons. The first-order valence-corrected chi connectivity index (χ1v) is 6.29. The van der Waals surface area contributed by atoms with E-state index in [2.05, 4.69) is 0 Å². The highest BCUT2D eigenvalue weighted by atomic mass is 19.1. The summed E-state index contributed by atoms with van der Waals surface area (Å²) < 4.78 is 19.1. The van der Waals surface area contributed by atoms with Gasteiger partial charge in [-0.05, 0) is 31.9 Å². The van der Waals surface area contributed by atoms with E-state index in [0.29, 0.717) is 13.1 Å². The fourth-order valence-corrected chi connectivity index (χ4v) is 2.43. The molecule has 2 rings (SSSR count). The zero-order valence-corrected chi connectivity index (χ0v) is 11.1. The lowest BCUT2D eigenvalue weighted by Crippen LogP contribution is -2.49. The molecule has 1 aliphatic heterocycles. The maximum absolute atomic E-state index is 13.7. The minimum absolute atomic E-state index is 0.261. The molecule has 1 N–H and O–H groups in total. The number of halogens is 1. The molecule has 1 aromatic rings. The summed E-state index contributed by atoms with van der Waals surface area (Å²) in [5, 5.41) is 9.66. The number of methoxy groups -OCH3 is 1. The van der Waals surface area contributed by atoms with Gasteiger partial charge in [-0.2, -0.15) is 0 Å². The molecule has 19 heavy (non-hydrogen) atoms.